The molecule has 0 aromatic heterocycles. The molecule has 0 aliphatic carbocycles. The number of benzene rings is 2. The highest BCUT2D eigenvalue weighted by Gasteiger charge is 2.24. The van der Waals surface area contributed by atoms with Gasteiger partial charge in [0, 0.05) is 17.8 Å². The minimum Gasteiger partial charge on any atom is -0.355 e. The molecule has 19 heavy (non-hydrogen) atoms. The Bertz CT molecular complexity index is 697. The van der Waals surface area contributed by atoms with Crippen molar-refractivity contribution in [2.24, 2.45) is 0 Å². The third kappa shape index (κ3) is 1.90. The van der Waals surface area contributed by atoms with Gasteiger partial charge in [0.05, 0.1) is 10.6 Å². The van der Waals surface area contributed by atoms with E-state index in [0.717, 1.165) is 11.3 Å². The van der Waals surface area contributed by atoms with Crippen molar-refractivity contribution >= 4 is 28.8 Å². The minimum atomic E-state index is -0.630. The van der Waals surface area contributed by atoms with Gasteiger partial charge in [-0.25, -0.2) is 4.39 Å². The number of halogens is 2. The number of nitrogens with one attached hydrogen (secondary N) is 1. The molecule has 0 fully saturated rings. The maximum atomic E-state index is 14.0. The Labute approximate surface area is 115 Å². The van der Waals surface area contributed by atoms with Gasteiger partial charge < -0.3 is 5.32 Å². The van der Waals surface area contributed by atoms with Crippen molar-refractivity contribution in [1.82, 2.24) is 0 Å². The van der Waals surface area contributed by atoms with Gasteiger partial charge in [0.2, 0.25) is 0 Å². The van der Waals surface area contributed by atoms with Crippen LogP contribution in [0.15, 0.2) is 30.3 Å². The lowest BCUT2D eigenvalue weighted by molar-refractivity contribution is 0.101. The highest BCUT2D eigenvalue weighted by atomic mass is 35.5. The van der Waals surface area contributed by atoms with Gasteiger partial charge in [-0.3, -0.25) is 4.79 Å². The second-order valence-electron chi connectivity index (χ2n) is 4.59. The van der Waals surface area contributed by atoms with E-state index in [1.54, 1.807) is 0 Å². The summed E-state index contributed by atoms with van der Waals surface area (Å²) in [6.07, 6.45) is 0.529. The molecule has 4 heteroatoms. The van der Waals surface area contributed by atoms with Crippen LogP contribution in [0.4, 0.5) is 15.8 Å². The van der Waals surface area contributed by atoms with E-state index >= 15 is 0 Å². The van der Waals surface area contributed by atoms with Crippen LogP contribution in [0.3, 0.4) is 0 Å². The second-order valence-corrected chi connectivity index (χ2v) is 5.00. The quantitative estimate of drug-likeness (QED) is 0.670. The normalized spacial score (nSPS) is 12.4. The summed E-state index contributed by atoms with van der Waals surface area (Å²) in [6, 6.07) is 9.29. The molecule has 2 nitrogen and oxygen atoms in total. The standard InChI is InChI=1S/C15H11ClFNO/c1-8(19)14-10-6-9-4-2-3-5-12(9)18-13(10)7-11(16)15(14)17/h2-5,7,18H,6H2,1H3. The van der Waals surface area contributed by atoms with E-state index in [9.17, 15) is 9.18 Å². The largest absolute Gasteiger partial charge is 0.355 e. The minimum absolute atomic E-state index is 0.0316. The second kappa shape index (κ2) is 4.35. The van der Waals surface area contributed by atoms with Gasteiger partial charge in [-0.05, 0) is 30.2 Å². The van der Waals surface area contributed by atoms with Crippen molar-refractivity contribution in [1.29, 1.82) is 0 Å². The Balaban J connectivity index is 2.23. The Kier molecular flexibility index (Phi) is 2.79. The zero-order valence-electron chi connectivity index (χ0n) is 10.3. The van der Waals surface area contributed by atoms with Gasteiger partial charge in [0.15, 0.2) is 11.6 Å². The first kappa shape index (κ1) is 12.2. The van der Waals surface area contributed by atoms with Crippen molar-refractivity contribution < 1.29 is 9.18 Å². The van der Waals surface area contributed by atoms with E-state index in [0.29, 0.717) is 17.7 Å². The maximum Gasteiger partial charge on any atom is 0.163 e. The van der Waals surface area contributed by atoms with Crippen LogP contribution < -0.4 is 5.32 Å². The van der Waals surface area contributed by atoms with Crippen molar-refractivity contribution in [3.05, 3.63) is 57.9 Å². The van der Waals surface area contributed by atoms with Crippen molar-refractivity contribution in [3.8, 4) is 0 Å². The Hall–Kier alpha value is -1.87. The van der Waals surface area contributed by atoms with Gasteiger partial charge in [0.25, 0.3) is 0 Å². The maximum absolute atomic E-state index is 14.0. The van der Waals surface area contributed by atoms with Crippen LogP contribution in [0, 0.1) is 5.82 Å². The molecule has 0 saturated heterocycles. The van der Waals surface area contributed by atoms with Crippen LogP contribution in [-0.4, -0.2) is 5.78 Å². The van der Waals surface area contributed by atoms with E-state index in [1.165, 1.54) is 13.0 Å². The number of carbonyl (C=O) groups excluding carboxylic acids is 1. The van der Waals surface area contributed by atoms with Crippen LogP contribution >= 0.6 is 11.6 Å². The van der Waals surface area contributed by atoms with Gasteiger partial charge in [-0.15, -0.1) is 0 Å². The molecule has 1 aliphatic rings. The molecule has 2 aromatic carbocycles. The molecule has 0 radical (unpaired) electrons. The molecule has 0 spiro atoms. The SMILES string of the molecule is CC(=O)c1c(F)c(Cl)cc2c1Cc1ccccc1N2. The van der Waals surface area contributed by atoms with E-state index in [-0.39, 0.29) is 16.4 Å². The average molecular weight is 276 g/mol. The van der Waals surface area contributed by atoms with Crippen molar-refractivity contribution in [2.75, 3.05) is 5.32 Å². The molecule has 1 heterocycles. The zero-order valence-corrected chi connectivity index (χ0v) is 11.0. The number of hydrogen-bond donors (Lipinski definition) is 1. The van der Waals surface area contributed by atoms with E-state index < -0.39 is 5.82 Å². The average Bonchev–Trinajstić information content (AvgIpc) is 2.37. The Morgan fingerprint density at radius 3 is 2.79 bits per heavy atom. The fourth-order valence-electron chi connectivity index (χ4n) is 2.46. The van der Waals surface area contributed by atoms with E-state index in [4.69, 9.17) is 11.6 Å². The summed E-state index contributed by atoms with van der Waals surface area (Å²) in [4.78, 5) is 11.7. The summed E-state index contributed by atoms with van der Waals surface area (Å²) in [5.41, 5.74) is 3.47. The molecular weight excluding hydrogens is 265 g/mol. The lowest BCUT2D eigenvalue weighted by atomic mass is 9.91. The van der Waals surface area contributed by atoms with Crippen molar-refractivity contribution in [2.45, 2.75) is 13.3 Å². The van der Waals surface area contributed by atoms with E-state index in [2.05, 4.69) is 5.32 Å². The topological polar surface area (TPSA) is 29.1 Å². The molecule has 0 amide bonds. The smallest absolute Gasteiger partial charge is 0.163 e. The Morgan fingerprint density at radius 1 is 1.32 bits per heavy atom. The lowest BCUT2D eigenvalue weighted by Gasteiger charge is -2.24. The molecule has 0 bridgehead atoms. The number of fused-ring (bicyclic) bond motifs is 2. The molecule has 2 aromatic rings. The van der Waals surface area contributed by atoms with Crippen LogP contribution in [0.2, 0.25) is 5.02 Å². The highest BCUT2D eigenvalue weighted by molar-refractivity contribution is 6.31. The van der Waals surface area contributed by atoms with Crippen LogP contribution in [0.5, 0.6) is 0 Å². The summed E-state index contributed by atoms with van der Waals surface area (Å²) in [5, 5.41) is 3.17. The monoisotopic (exact) mass is 275 g/mol. The third-order valence-corrected chi connectivity index (χ3v) is 3.61. The number of ketones is 1. The van der Waals surface area contributed by atoms with Crippen molar-refractivity contribution in [3.63, 3.8) is 0 Å². The van der Waals surface area contributed by atoms with Gasteiger partial charge in [-0.1, -0.05) is 29.8 Å². The number of para-hydroxylation sites is 1. The van der Waals surface area contributed by atoms with E-state index in [1.807, 2.05) is 24.3 Å². The fraction of sp³-hybridized carbons (Fsp3) is 0.133. The zero-order chi connectivity index (χ0) is 13.6. The molecule has 96 valence electrons. The molecule has 0 unspecified atom stereocenters. The number of Topliss-reactive ketones (excluding diaryl/α,β-unsaturated/α-hetero) is 1. The number of anilines is 2. The van der Waals surface area contributed by atoms with Crippen LogP contribution in [-0.2, 0) is 6.42 Å². The first-order chi connectivity index (χ1) is 9.08. The third-order valence-electron chi connectivity index (χ3n) is 3.33. The number of carbonyl (C=O) groups is 1. The van der Waals surface area contributed by atoms with Gasteiger partial charge in [-0.2, -0.15) is 0 Å². The molecule has 1 N–H and O–H groups in total. The first-order valence-electron chi connectivity index (χ1n) is 5.94. The number of hydrogen-bond acceptors (Lipinski definition) is 2. The van der Waals surface area contributed by atoms with Gasteiger partial charge in [0.1, 0.15) is 0 Å². The molecule has 0 atom stereocenters. The summed E-state index contributed by atoms with van der Waals surface area (Å²) in [5.74, 6) is -0.938. The molecule has 0 saturated carbocycles. The fourth-order valence-corrected chi connectivity index (χ4v) is 2.66. The lowest BCUT2D eigenvalue weighted by Crippen LogP contribution is -2.13. The van der Waals surface area contributed by atoms with Crippen LogP contribution in [0.1, 0.15) is 28.4 Å². The summed E-state index contributed by atoms with van der Waals surface area (Å²) in [6.45, 7) is 1.36. The molecule has 3 rings (SSSR count). The Morgan fingerprint density at radius 2 is 2.05 bits per heavy atom. The van der Waals surface area contributed by atoms with Gasteiger partial charge >= 0.3 is 0 Å². The summed E-state index contributed by atoms with van der Waals surface area (Å²) >= 11 is 5.85. The predicted octanol–water partition coefficient (Wildman–Crippen LogP) is 4.33. The highest BCUT2D eigenvalue weighted by Crippen LogP contribution is 2.38. The number of rotatable bonds is 1. The van der Waals surface area contributed by atoms with Crippen LogP contribution in [0.25, 0.3) is 0 Å². The molecular formula is C15H11ClFNO. The first-order valence-corrected chi connectivity index (χ1v) is 6.32. The predicted molar refractivity (Wildman–Crippen MR) is 73.9 cm³/mol. The molecule has 1 aliphatic heterocycles. The summed E-state index contributed by atoms with van der Waals surface area (Å²) < 4.78 is 14.0. The summed E-state index contributed by atoms with van der Waals surface area (Å²) in [7, 11) is 0.